The Labute approximate surface area is 121 Å². The first-order valence-electron chi connectivity index (χ1n) is 6.41. The highest BCUT2D eigenvalue weighted by atomic mass is 16.6. The number of rotatable bonds is 8. The second-order valence-electron chi connectivity index (χ2n) is 4.58. The molecule has 1 rings (SSSR count). The van der Waals surface area contributed by atoms with Gasteiger partial charge >= 0.3 is 5.97 Å². The van der Waals surface area contributed by atoms with Gasteiger partial charge in [0, 0.05) is 23.9 Å². The third-order valence-electron chi connectivity index (χ3n) is 2.90. The molecular formula is C13H17N3O5. The average Bonchev–Trinajstić information content (AvgIpc) is 2.38. The van der Waals surface area contributed by atoms with E-state index in [1.54, 1.807) is 0 Å². The zero-order valence-corrected chi connectivity index (χ0v) is 11.5. The van der Waals surface area contributed by atoms with Crippen LogP contribution in [0.15, 0.2) is 18.2 Å². The highest BCUT2D eigenvalue weighted by molar-refractivity contribution is 5.99. The molecule has 0 saturated carbocycles. The normalized spacial score (nSPS) is 11.7. The number of nitro benzene ring substituents is 1. The number of aliphatic carboxylic acids is 1. The minimum absolute atomic E-state index is 0.0318. The monoisotopic (exact) mass is 295 g/mol. The summed E-state index contributed by atoms with van der Waals surface area (Å²) in [7, 11) is 0. The van der Waals surface area contributed by atoms with Crippen molar-refractivity contribution in [1.82, 2.24) is 0 Å². The summed E-state index contributed by atoms with van der Waals surface area (Å²) in [5.41, 5.74) is 5.23. The van der Waals surface area contributed by atoms with E-state index in [0.717, 1.165) is 12.5 Å². The van der Waals surface area contributed by atoms with Crippen molar-refractivity contribution in [3.8, 4) is 0 Å². The lowest BCUT2D eigenvalue weighted by Crippen LogP contribution is -2.25. The standard InChI is InChI=1S/C13H17N3O5/c1-2-3-8(6-12(17)18)15-11-5-4-9(16(20)21)7-10(11)13(14)19/h4-5,7-8,15H,2-3,6H2,1H3,(H2,14,19)(H,17,18). The lowest BCUT2D eigenvalue weighted by Gasteiger charge is -2.19. The molecule has 8 nitrogen and oxygen atoms in total. The summed E-state index contributed by atoms with van der Waals surface area (Å²) in [6, 6.07) is 3.29. The van der Waals surface area contributed by atoms with Gasteiger partial charge in [0.1, 0.15) is 0 Å². The predicted molar refractivity (Wildman–Crippen MR) is 76.2 cm³/mol. The zero-order valence-electron chi connectivity index (χ0n) is 11.5. The van der Waals surface area contributed by atoms with Crippen LogP contribution in [0.25, 0.3) is 0 Å². The molecule has 0 fully saturated rings. The van der Waals surface area contributed by atoms with E-state index in [1.807, 2.05) is 6.92 Å². The van der Waals surface area contributed by atoms with E-state index >= 15 is 0 Å². The Bertz CT molecular complexity index is 559. The quantitative estimate of drug-likeness (QED) is 0.493. The van der Waals surface area contributed by atoms with Crippen molar-refractivity contribution < 1.29 is 19.6 Å². The van der Waals surface area contributed by atoms with Crippen molar-refractivity contribution >= 4 is 23.3 Å². The number of carboxylic acids is 1. The van der Waals surface area contributed by atoms with Crippen LogP contribution in [0, 0.1) is 10.1 Å². The molecule has 1 atom stereocenters. The van der Waals surface area contributed by atoms with E-state index in [1.165, 1.54) is 12.1 Å². The Balaban J connectivity index is 3.07. The van der Waals surface area contributed by atoms with E-state index < -0.39 is 16.8 Å². The number of primary amides is 1. The topological polar surface area (TPSA) is 136 Å². The van der Waals surface area contributed by atoms with Crippen LogP contribution in [0.4, 0.5) is 11.4 Å². The minimum atomic E-state index is -0.969. The Morgan fingerprint density at radius 2 is 2.14 bits per heavy atom. The summed E-state index contributed by atoms with van der Waals surface area (Å²) in [6.45, 7) is 1.90. The lowest BCUT2D eigenvalue weighted by molar-refractivity contribution is -0.384. The second kappa shape index (κ2) is 7.22. The molecule has 21 heavy (non-hydrogen) atoms. The molecule has 8 heteroatoms. The van der Waals surface area contributed by atoms with Gasteiger partial charge in [0.2, 0.25) is 0 Å². The lowest BCUT2D eigenvalue weighted by atomic mass is 10.1. The SMILES string of the molecule is CCCC(CC(=O)O)Nc1ccc([N+](=O)[O-])cc1C(N)=O. The predicted octanol–water partition coefficient (Wildman–Crippen LogP) is 1.75. The molecule has 0 aliphatic carbocycles. The summed E-state index contributed by atoms with van der Waals surface area (Å²) in [5.74, 6) is -1.78. The van der Waals surface area contributed by atoms with Crippen LogP contribution >= 0.6 is 0 Å². The van der Waals surface area contributed by atoms with Crippen LogP contribution < -0.4 is 11.1 Å². The Morgan fingerprint density at radius 1 is 1.48 bits per heavy atom. The fourth-order valence-corrected chi connectivity index (χ4v) is 1.98. The molecule has 1 aromatic rings. The number of nitrogens with two attached hydrogens (primary N) is 1. The molecule has 0 saturated heterocycles. The number of carbonyl (C=O) groups excluding carboxylic acids is 1. The van der Waals surface area contributed by atoms with Gasteiger partial charge in [-0.25, -0.2) is 0 Å². The van der Waals surface area contributed by atoms with E-state index in [0.29, 0.717) is 12.1 Å². The van der Waals surface area contributed by atoms with Crippen molar-refractivity contribution in [2.24, 2.45) is 5.73 Å². The molecular weight excluding hydrogens is 278 g/mol. The fourth-order valence-electron chi connectivity index (χ4n) is 1.98. The summed E-state index contributed by atoms with van der Waals surface area (Å²) < 4.78 is 0. The molecule has 0 aliphatic rings. The van der Waals surface area contributed by atoms with Gasteiger partial charge in [-0.15, -0.1) is 0 Å². The zero-order chi connectivity index (χ0) is 16.0. The van der Waals surface area contributed by atoms with Crippen LogP contribution in [0.5, 0.6) is 0 Å². The highest BCUT2D eigenvalue weighted by Crippen LogP contribution is 2.23. The summed E-state index contributed by atoms with van der Waals surface area (Å²) >= 11 is 0. The smallest absolute Gasteiger partial charge is 0.305 e. The van der Waals surface area contributed by atoms with Crippen molar-refractivity contribution in [1.29, 1.82) is 0 Å². The number of amides is 1. The van der Waals surface area contributed by atoms with Gasteiger partial charge in [-0.05, 0) is 12.5 Å². The molecule has 0 aromatic heterocycles. The molecule has 1 aromatic carbocycles. The maximum atomic E-state index is 11.4. The van der Waals surface area contributed by atoms with Crippen molar-refractivity contribution in [2.45, 2.75) is 32.2 Å². The van der Waals surface area contributed by atoms with Crippen LogP contribution in [-0.4, -0.2) is 27.9 Å². The van der Waals surface area contributed by atoms with Crippen LogP contribution in [0.2, 0.25) is 0 Å². The molecule has 1 unspecified atom stereocenters. The van der Waals surface area contributed by atoms with Crippen molar-refractivity contribution in [3.05, 3.63) is 33.9 Å². The van der Waals surface area contributed by atoms with Crippen molar-refractivity contribution in [3.63, 3.8) is 0 Å². The van der Waals surface area contributed by atoms with E-state index in [2.05, 4.69) is 5.32 Å². The maximum Gasteiger partial charge on any atom is 0.305 e. The highest BCUT2D eigenvalue weighted by Gasteiger charge is 2.18. The molecule has 0 spiro atoms. The molecule has 0 radical (unpaired) electrons. The van der Waals surface area contributed by atoms with Crippen LogP contribution in [-0.2, 0) is 4.79 Å². The average molecular weight is 295 g/mol. The molecule has 0 aliphatic heterocycles. The minimum Gasteiger partial charge on any atom is -0.481 e. The van der Waals surface area contributed by atoms with Crippen molar-refractivity contribution in [2.75, 3.05) is 5.32 Å². The number of hydrogen-bond acceptors (Lipinski definition) is 5. The van der Waals surface area contributed by atoms with Gasteiger partial charge in [-0.2, -0.15) is 0 Å². The number of nitrogens with one attached hydrogen (secondary N) is 1. The summed E-state index contributed by atoms with van der Waals surface area (Å²) in [4.78, 5) is 32.3. The number of nitro groups is 1. The maximum absolute atomic E-state index is 11.4. The van der Waals surface area contributed by atoms with E-state index in [4.69, 9.17) is 10.8 Å². The number of carboxylic acid groups (broad SMARTS) is 1. The fraction of sp³-hybridized carbons (Fsp3) is 0.385. The number of anilines is 1. The van der Waals surface area contributed by atoms with E-state index in [-0.39, 0.29) is 23.7 Å². The van der Waals surface area contributed by atoms with Gasteiger partial charge < -0.3 is 16.2 Å². The molecule has 114 valence electrons. The third kappa shape index (κ3) is 4.75. The molecule has 0 bridgehead atoms. The first kappa shape index (κ1) is 16.4. The Kier molecular flexibility index (Phi) is 5.65. The van der Waals surface area contributed by atoms with Gasteiger partial charge in [0.05, 0.1) is 16.9 Å². The first-order valence-corrected chi connectivity index (χ1v) is 6.41. The van der Waals surface area contributed by atoms with Gasteiger partial charge in [-0.3, -0.25) is 19.7 Å². The van der Waals surface area contributed by atoms with Gasteiger partial charge in [0.25, 0.3) is 11.6 Å². The summed E-state index contributed by atoms with van der Waals surface area (Å²) in [5, 5.41) is 22.5. The van der Waals surface area contributed by atoms with Crippen LogP contribution in [0.1, 0.15) is 36.5 Å². The number of benzene rings is 1. The summed E-state index contributed by atoms with van der Waals surface area (Å²) in [6.07, 6.45) is 1.22. The molecule has 1 amide bonds. The number of non-ortho nitro benzene ring substituents is 1. The van der Waals surface area contributed by atoms with E-state index in [9.17, 15) is 19.7 Å². The van der Waals surface area contributed by atoms with Crippen LogP contribution in [0.3, 0.4) is 0 Å². The first-order chi connectivity index (χ1) is 9.85. The number of carbonyl (C=O) groups is 2. The number of nitrogens with zero attached hydrogens (tertiary/aromatic N) is 1. The molecule has 4 N–H and O–H groups in total. The Hall–Kier alpha value is -2.64. The second-order valence-corrected chi connectivity index (χ2v) is 4.58. The Morgan fingerprint density at radius 3 is 2.62 bits per heavy atom. The molecule has 0 heterocycles. The third-order valence-corrected chi connectivity index (χ3v) is 2.90. The largest absolute Gasteiger partial charge is 0.481 e. The van der Waals surface area contributed by atoms with Gasteiger partial charge in [0.15, 0.2) is 0 Å². The van der Waals surface area contributed by atoms with Gasteiger partial charge in [-0.1, -0.05) is 13.3 Å². The number of hydrogen-bond donors (Lipinski definition) is 3.